The van der Waals surface area contributed by atoms with Crippen LogP contribution < -0.4 is 5.73 Å². The summed E-state index contributed by atoms with van der Waals surface area (Å²) in [7, 11) is 0. The third-order valence-electron chi connectivity index (χ3n) is 1.37. The van der Waals surface area contributed by atoms with Gasteiger partial charge in [0.2, 0.25) is 0 Å². The van der Waals surface area contributed by atoms with E-state index in [1.165, 1.54) is 0 Å². The molecule has 0 saturated carbocycles. The first kappa shape index (κ1) is 10.0. The van der Waals surface area contributed by atoms with Crippen molar-refractivity contribution in [3.05, 3.63) is 33.6 Å². The Morgan fingerprint density at radius 3 is 2.23 bits per heavy atom. The largest absolute Gasteiger partial charge is 0.366 e. The summed E-state index contributed by atoms with van der Waals surface area (Å²) in [6, 6.07) is 0.788. The van der Waals surface area contributed by atoms with Gasteiger partial charge in [0.1, 0.15) is 0 Å². The quantitative estimate of drug-likeness (QED) is 0.604. The van der Waals surface area contributed by atoms with E-state index in [1.807, 2.05) is 0 Å². The standard InChI is InChI=1S/C7H3BrF3NO/c8-3-1-2(7(12)13)4(9)6(11)5(3)10/h1H,(H2,12,13). The fourth-order valence-electron chi connectivity index (χ4n) is 0.752. The zero-order valence-corrected chi connectivity index (χ0v) is 7.66. The molecule has 0 aliphatic carbocycles. The van der Waals surface area contributed by atoms with Gasteiger partial charge in [-0.05, 0) is 22.0 Å². The highest BCUT2D eigenvalue weighted by atomic mass is 79.9. The van der Waals surface area contributed by atoms with Crippen molar-refractivity contribution in [2.45, 2.75) is 0 Å². The summed E-state index contributed by atoms with van der Waals surface area (Å²) < 4.78 is 37.7. The van der Waals surface area contributed by atoms with Crippen molar-refractivity contribution in [1.29, 1.82) is 0 Å². The number of halogens is 4. The summed E-state index contributed by atoms with van der Waals surface area (Å²) in [6.45, 7) is 0. The van der Waals surface area contributed by atoms with Crippen LogP contribution in [0.3, 0.4) is 0 Å². The summed E-state index contributed by atoms with van der Waals surface area (Å²) in [4.78, 5) is 10.5. The van der Waals surface area contributed by atoms with Gasteiger partial charge in [0.05, 0.1) is 10.0 Å². The van der Waals surface area contributed by atoms with E-state index >= 15 is 0 Å². The topological polar surface area (TPSA) is 43.1 Å². The Morgan fingerprint density at radius 2 is 1.77 bits per heavy atom. The van der Waals surface area contributed by atoms with Crippen LogP contribution in [-0.2, 0) is 0 Å². The van der Waals surface area contributed by atoms with E-state index in [0.717, 1.165) is 6.07 Å². The molecule has 1 aromatic rings. The third-order valence-corrected chi connectivity index (χ3v) is 1.95. The second-order valence-corrected chi connectivity index (χ2v) is 3.07. The molecule has 0 aliphatic heterocycles. The van der Waals surface area contributed by atoms with Crippen LogP contribution >= 0.6 is 15.9 Å². The minimum Gasteiger partial charge on any atom is -0.366 e. The second kappa shape index (κ2) is 3.37. The highest BCUT2D eigenvalue weighted by molar-refractivity contribution is 9.10. The van der Waals surface area contributed by atoms with Gasteiger partial charge in [-0.1, -0.05) is 0 Å². The second-order valence-electron chi connectivity index (χ2n) is 2.21. The third kappa shape index (κ3) is 1.67. The Kier molecular flexibility index (Phi) is 2.60. The number of hydrogen-bond donors (Lipinski definition) is 1. The van der Waals surface area contributed by atoms with Gasteiger partial charge in [0.15, 0.2) is 17.5 Å². The zero-order chi connectivity index (χ0) is 10.2. The van der Waals surface area contributed by atoms with Gasteiger partial charge in [-0.25, -0.2) is 13.2 Å². The first-order valence-electron chi connectivity index (χ1n) is 3.08. The van der Waals surface area contributed by atoms with Crippen molar-refractivity contribution in [2.75, 3.05) is 0 Å². The molecule has 6 heteroatoms. The zero-order valence-electron chi connectivity index (χ0n) is 6.07. The predicted octanol–water partition coefficient (Wildman–Crippen LogP) is 1.97. The normalized spacial score (nSPS) is 10.2. The lowest BCUT2D eigenvalue weighted by Crippen LogP contribution is -2.15. The van der Waals surface area contributed by atoms with Gasteiger partial charge < -0.3 is 5.73 Å². The number of hydrogen-bond acceptors (Lipinski definition) is 1. The Hall–Kier alpha value is -1.04. The summed E-state index contributed by atoms with van der Waals surface area (Å²) >= 11 is 2.61. The molecule has 70 valence electrons. The van der Waals surface area contributed by atoms with Crippen molar-refractivity contribution in [1.82, 2.24) is 0 Å². The molecule has 1 amide bonds. The van der Waals surface area contributed by atoms with E-state index in [1.54, 1.807) is 0 Å². The molecule has 0 aromatic heterocycles. The van der Waals surface area contributed by atoms with E-state index in [9.17, 15) is 18.0 Å². The van der Waals surface area contributed by atoms with Gasteiger partial charge in [-0.3, -0.25) is 4.79 Å². The summed E-state index contributed by atoms with van der Waals surface area (Å²) in [6.07, 6.45) is 0. The van der Waals surface area contributed by atoms with Crippen LogP contribution in [0.2, 0.25) is 0 Å². The van der Waals surface area contributed by atoms with Crippen LogP contribution in [0.15, 0.2) is 10.5 Å². The predicted molar refractivity (Wildman–Crippen MR) is 42.5 cm³/mol. The molecule has 0 heterocycles. The molecule has 0 bridgehead atoms. The number of carbonyl (C=O) groups excluding carboxylic acids is 1. The van der Waals surface area contributed by atoms with Gasteiger partial charge in [-0.15, -0.1) is 0 Å². The van der Waals surface area contributed by atoms with Crippen molar-refractivity contribution in [2.24, 2.45) is 5.73 Å². The van der Waals surface area contributed by atoms with Crippen molar-refractivity contribution < 1.29 is 18.0 Å². The van der Waals surface area contributed by atoms with E-state index in [4.69, 9.17) is 5.73 Å². The van der Waals surface area contributed by atoms with Crippen LogP contribution in [0.1, 0.15) is 10.4 Å². The summed E-state index contributed by atoms with van der Waals surface area (Å²) in [5, 5.41) is 0. The molecule has 1 aromatic carbocycles. The SMILES string of the molecule is NC(=O)c1cc(Br)c(F)c(F)c1F. The number of rotatable bonds is 1. The number of benzene rings is 1. The smallest absolute Gasteiger partial charge is 0.251 e. The maximum Gasteiger partial charge on any atom is 0.251 e. The molecule has 0 radical (unpaired) electrons. The highest BCUT2D eigenvalue weighted by Gasteiger charge is 2.19. The monoisotopic (exact) mass is 253 g/mol. The minimum absolute atomic E-state index is 0.347. The number of nitrogens with two attached hydrogens (primary N) is 1. The van der Waals surface area contributed by atoms with E-state index < -0.39 is 28.9 Å². The molecule has 2 nitrogen and oxygen atoms in total. The Morgan fingerprint density at radius 1 is 1.23 bits per heavy atom. The number of primary amides is 1. The van der Waals surface area contributed by atoms with Crippen molar-refractivity contribution in [3.63, 3.8) is 0 Å². The van der Waals surface area contributed by atoms with Crippen LogP contribution in [-0.4, -0.2) is 5.91 Å². The molecule has 2 N–H and O–H groups in total. The fourth-order valence-corrected chi connectivity index (χ4v) is 1.16. The first-order chi connectivity index (χ1) is 5.95. The van der Waals surface area contributed by atoms with Gasteiger partial charge in [0, 0.05) is 0 Å². The molecule has 1 rings (SSSR count). The van der Waals surface area contributed by atoms with Crippen LogP contribution in [0, 0.1) is 17.5 Å². The van der Waals surface area contributed by atoms with E-state index in [0.29, 0.717) is 0 Å². The molecular formula is C7H3BrF3NO. The van der Waals surface area contributed by atoms with Gasteiger partial charge in [0.25, 0.3) is 5.91 Å². The van der Waals surface area contributed by atoms with Crippen LogP contribution in [0.25, 0.3) is 0 Å². The lowest BCUT2D eigenvalue weighted by atomic mass is 10.2. The first-order valence-corrected chi connectivity index (χ1v) is 3.87. The van der Waals surface area contributed by atoms with Gasteiger partial charge in [-0.2, -0.15) is 0 Å². The molecule has 0 fully saturated rings. The van der Waals surface area contributed by atoms with Gasteiger partial charge >= 0.3 is 0 Å². The summed E-state index contributed by atoms with van der Waals surface area (Å²) in [5.41, 5.74) is 4.02. The maximum atomic E-state index is 12.8. The Labute approximate surface area is 79.7 Å². The maximum absolute atomic E-state index is 12.8. The highest BCUT2D eigenvalue weighted by Crippen LogP contribution is 2.23. The lowest BCUT2D eigenvalue weighted by molar-refractivity contribution is 0.0995. The van der Waals surface area contributed by atoms with E-state index in [-0.39, 0.29) is 4.47 Å². The molecule has 13 heavy (non-hydrogen) atoms. The average Bonchev–Trinajstić information content (AvgIpc) is 2.07. The van der Waals surface area contributed by atoms with Crippen molar-refractivity contribution in [3.8, 4) is 0 Å². The Bertz CT molecular complexity index is 380. The molecule has 0 spiro atoms. The number of carbonyl (C=O) groups is 1. The lowest BCUT2D eigenvalue weighted by Gasteiger charge is -2.02. The van der Waals surface area contributed by atoms with Crippen molar-refractivity contribution >= 4 is 21.8 Å². The van der Waals surface area contributed by atoms with Crippen LogP contribution in [0.4, 0.5) is 13.2 Å². The average molecular weight is 254 g/mol. The Balaban J connectivity index is 3.50. The molecule has 0 atom stereocenters. The van der Waals surface area contributed by atoms with Crippen LogP contribution in [0.5, 0.6) is 0 Å². The minimum atomic E-state index is -1.72. The fraction of sp³-hybridized carbons (Fsp3) is 0. The number of amides is 1. The van der Waals surface area contributed by atoms with E-state index in [2.05, 4.69) is 15.9 Å². The molecule has 0 saturated heterocycles. The molecule has 0 aliphatic rings. The molecule has 0 unspecified atom stereocenters. The molecular weight excluding hydrogens is 251 g/mol. The summed E-state index contributed by atoms with van der Waals surface area (Å²) in [5.74, 6) is -5.84.